The van der Waals surface area contributed by atoms with Gasteiger partial charge in [-0.15, -0.1) is 0 Å². The lowest BCUT2D eigenvalue weighted by Crippen LogP contribution is -2.36. The fourth-order valence-electron chi connectivity index (χ4n) is 3.30. The van der Waals surface area contributed by atoms with Gasteiger partial charge >= 0.3 is 0 Å². The average molecular weight is 308 g/mol. The largest absolute Gasteiger partial charge is 0.358 e. The topological polar surface area (TPSA) is 36.1 Å². The second-order valence-electron chi connectivity index (χ2n) is 5.96. The summed E-state index contributed by atoms with van der Waals surface area (Å²) in [6, 6.07) is 14.6. The van der Waals surface area contributed by atoms with Gasteiger partial charge in [-0.1, -0.05) is 36.4 Å². The summed E-state index contributed by atoms with van der Waals surface area (Å²) in [7, 11) is 0. The van der Waals surface area contributed by atoms with Gasteiger partial charge in [0.25, 0.3) is 0 Å². The Kier molecular flexibility index (Phi) is 3.37. The Morgan fingerprint density at radius 1 is 1.13 bits per heavy atom. The van der Waals surface area contributed by atoms with E-state index in [0.717, 1.165) is 11.9 Å². The summed E-state index contributed by atoms with van der Waals surface area (Å²) in [4.78, 5) is 17.8. The van der Waals surface area contributed by atoms with Crippen molar-refractivity contribution >= 4 is 16.8 Å². The number of fused-ring (bicyclic) bond motifs is 3. The van der Waals surface area contributed by atoms with E-state index in [-0.39, 0.29) is 18.1 Å². The van der Waals surface area contributed by atoms with E-state index in [4.69, 9.17) is 0 Å². The number of hydrogen-bond acceptors (Lipinski definition) is 1. The fraction of sp³-hybridized carbons (Fsp3) is 0.211. The number of nitrogens with zero attached hydrogens (tertiary/aromatic N) is 1. The fourth-order valence-corrected chi connectivity index (χ4v) is 3.30. The van der Waals surface area contributed by atoms with E-state index >= 15 is 0 Å². The van der Waals surface area contributed by atoms with Crippen molar-refractivity contribution in [2.24, 2.45) is 0 Å². The third-order valence-electron chi connectivity index (χ3n) is 4.53. The van der Waals surface area contributed by atoms with E-state index in [1.54, 1.807) is 18.2 Å². The van der Waals surface area contributed by atoms with Crippen molar-refractivity contribution in [3.63, 3.8) is 0 Å². The number of benzene rings is 2. The smallest absolute Gasteiger partial charge is 0.227 e. The lowest BCUT2D eigenvalue weighted by molar-refractivity contribution is -0.131. The number of aromatic nitrogens is 1. The van der Waals surface area contributed by atoms with Gasteiger partial charge in [0.15, 0.2) is 0 Å². The molecule has 0 fully saturated rings. The molecule has 0 aliphatic carbocycles. The lowest BCUT2D eigenvalue weighted by atomic mass is 10.0. The van der Waals surface area contributed by atoms with Crippen molar-refractivity contribution in [3.8, 4) is 0 Å². The van der Waals surface area contributed by atoms with Gasteiger partial charge in [0.2, 0.25) is 5.91 Å². The molecule has 0 bridgehead atoms. The van der Waals surface area contributed by atoms with Crippen LogP contribution in [-0.2, 0) is 24.2 Å². The van der Waals surface area contributed by atoms with Crippen LogP contribution in [0.2, 0.25) is 0 Å². The van der Waals surface area contributed by atoms with Gasteiger partial charge in [-0.05, 0) is 17.7 Å². The van der Waals surface area contributed by atoms with E-state index in [9.17, 15) is 9.18 Å². The molecule has 3 aromatic rings. The Morgan fingerprint density at radius 3 is 2.78 bits per heavy atom. The van der Waals surface area contributed by atoms with Crippen LogP contribution in [0.5, 0.6) is 0 Å². The number of hydrogen-bond donors (Lipinski definition) is 1. The van der Waals surface area contributed by atoms with Crippen LogP contribution >= 0.6 is 0 Å². The van der Waals surface area contributed by atoms with Gasteiger partial charge in [-0.2, -0.15) is 0 Å². The predicted molar refractivity (Wildman–Crippen MR) is 87.5 cm³/mol. The predicted octanol–water partition coefficient (Wildman–Crippen LogP) is 3.43. The summed E-state index contributed by atoms with van der Waals surface area (Å²) in [6.45, 7) is 1.26. The van der Waals surface area contributed by atoms with Crippen LogP contribution < -0.4 is 0 Å². The van der Waals surface area contributed by atoms with Crippen LogP contribution in [0, 0.1) is 5.82 Å². The van der Waals surface area contributed by atoms with Crippen LogP contribution in [-0.4, -0.2) is 22.3 Å². The number of rotatable bonds is 2. The van der Waals surface area contributed by atoms with Crippen LogP contribution in [0.15, 0.2) is 48.5 Å². The maximum atomic E-state index is 13.7. The van der Waals surface area contributed by atoms with Crippen molar-refractivity contribution in [2.75, 3.05) is 6.54 Å². The molecule has 1 aromatic heterocycles. The zero-order chi connectivity index (χ0) is 15.8. The van der Waals surface area contributed by atoms with Crippen molar-refractivity contribution in [1.82, 2.24) is 9.88 Å². The van der Waals surface area contributed by atoms with E-state index in [0.29, 0.717) is 18.7 Å². The minimum atomic E-state index is -0.314. The molecule has 3 nitrogen and oxygen atoms in total. The first kappa shape index (κ1) is 14.0. The molecule has 0 saturated carbocycles. The molecule has 4 heteroatoms. The summed E-state index contributed by atoms with van der Waals surface area (Å²) in [5.41, 5.74) is 3.97. The molecule has 1 aliphatic rings. The molecule has 4 rings (SSSR count). The summed E-state index contributed by atoms with van der Waals surface area (Å²) < 4.78 is 13.7. The highest BCUT2D eigenvalue weighted by Gasteiger charge is 2.24. The van der Waals surface area contributed by atoms with Gasteiger partial charge in [-0.25, -0.2) is 4.39 Å². The second-order valence-corrected chi connectivity index (χ2v) is 5.96. The summed E-state index contributed by atoms with van der Waals surface area (Å²) in [6.07, 6.45) is 0.928. The van der Waals surface area contributed by atoms with Crippen molar-refractivity contribution < 1.29 is 9.18 Å². The highest BCUT2D eigenvalue weighted by atomic mass is 19.1. The Hall–Kier alpha value is -2.62. The van der Waals surface area contributed by atoms with Gasteiger partial charge in [0, 0.05) is 41.7 Å². The average Bonchev–Trinajstić information content (AvgIpc) is 2.94. The molecular formula is C19H17FN2O. The highest BCUT2D eigenvalue weighted by Crippen LogP contribution is 2.27. The number of nitrogens with one attached hydrogen (secondary N) is 1. The molecule has 2 heterocycles. The maximum Gasteiger partial charge on any atom is 0.227 e. The third-order valence-corrected chi connectivity index (χ3v) is 4.53. The summed E-state index contributed by atoms with van der Waals surface area (Å²) >= 11 is 0. The number of H-pyrrole nitrogens is 1. The Morgan fingerprint density at radius 2 is 1.91 bits per heavy atom. The van der Waals surface area contributed by atoms with Crippen LogP contribution in [0.4, 0.5) is 4.39 Å². The minimum Gasteiger partial charge on any atom is -0.358 e. The van der Waals surface area contributed by atoms with Crippen molar-refractivity contribution in [2.45, 2.75) is 19.4 Å². The molecular weight excluding hydrogens is 291 g/mol. The monoisotopic (exact) mass is 308 g/mol. The van der Waals surface area contributed by atoms with E-state index in [2.05, 4.69) is 17.1 Å². The first-order valence-electron chi connectivity index (χ1n) is 7.82. The first-order chi connectivity index (χ1) is 11.2. The summed E-state index contributed by atoms with van der Waals surface area (Å²) in [5, 5.41) is 1.17. The van der Waals surface area contributed by atoms with Gasteiger partial charge in [0.1, 0.15) is 5.82 Å². The zero-order valence-electron chi connectivity index (χ0n) is 12.7. The normalized spacial score (nSPS) is 14.0. The van der Waals surface area contributed by atoms with Crippen molar-refractivity contribution in [1.29, 1.82) is 0 Å². The van der Waals surface area contributed by atoms with Crippen LogP contribution in [0.3, 0.4) is 0 Å². The molecule has 116 valence electrons. The van der Waals surface area contributed by atoms with E-state index < -0.39 is 0 Å². The number of aromatic amines is 1. The number of halogens is 1. The molecule has 1 amide bonds. The maximum absolute atomic E-state index is 13.7. The number of amides is 1. The standard InChI is InChI=1S/C19H17FN2O/c20-16-7-3-1-5-13(16)11-19(23)22-10-9-18-15(12-22)14-6-2-4-8-17(14)21-18/h1-8,21H,9-12H2. The quantitative estimate of drug-likeness (QED) is 0.773. The first-order valence-corrected chi connectivity index (χ1v) is 7.82. The highest BCUT2D eigenvalue weighted by molar-refractivity contribution is 5.86. The minimum absolute atomic E-state index is 0.0222. The van der Waals surface area contributed by atoms with Crippen LogP contribution in [0.1, 0.15) is 16.8 Å². The Bertz CT molecular complexity index is 884. The SMILES string of the molecule is O=C(Cc1ccccc1F)N1CCc2[nH]c3ccccc3c2C1. The molecule has 0 spiro atoms. The molecule has 2 aromatic carbocycles. The molecule has 23 heavy (non-hydrogen) atoms. The molecule has 0 saturated heterocycles. The Labute approximate surface area is 133 Å². The molecule has 0 atom stereocenters. The number of para-hydroxylation sites is 1. The molecule has 0 radical (unpaired) electrons. The number of carbonyl (C=O) groups excluding carboxylic acids is 1. The third kappa shape index (κ3) is 2.50. The zero-order valence-corrected chi connectivity index (χ0v) is 12.7. The van der Waals surface area contributed by atoms with Gasteiger partial charge in [0.05, 0.1) is 6.42 Å². The lowest BCUT2D eigenvalue weighted by Gasteiger charge is -2.27. The Balaban J connectivity index is 1.58. The van der Waals surface area contributed by atoms with Crippen molar-refractivity contribution in [3.05, 3.63) is 71.2 Å². The van der Waals surface area contributed by atoms with Gasteiger partial charge in [-0.3, -0.25) is 4.79 Å². The van der Waals surface area contributed by atoms with E-state index in [1.165, 1.54) is 22.7 Å². The van der Waals surface area contributed by atoms with E-state index in [1.807, 2.05) is 17.0 Å². The number of carbonyl (C=O) groups is 1. The second kappa shape index (κ2) is 5.54. The summed E-state index contributed by atoms with van der Waals surface area (Å²) in [5.74, 6) is -0.336. The molecule has 0 unspecified atom stereocenters. The molecule has 1 aliphatic heterocycles. The van der Waals surface area contributed by atoms with Gasteiger partial charge < -0.3 is 9.88 Å². The molecule has 1 N–H and O–H groups in total. The van der Waals surface area contributed by atoms with Crippen LogP contribution in [0.25, 0.3) is 10.9 Å².